The van der Waals surface area contributed by atoms with Crippen LogP contribution in [0.5, 0.6) is 0 Å². The summed E-state index contributed by atoms with van der Waals surface area (Å²) in [5.74, 6) is -0.575. The normalized spacial score (nSPS) is 16.0. The van der Waals surface area contributed by atoms with Gasteiger partial charge in [0.05, 0.1) is 12.2 Å². The summed E-state index contributed by atoms with van der Waals surface area (Å²) in [5, 5.41) is 3.76. The van der Waals surface area contributed by atoms with E-state index in [2.05, 4.69) is 12.2 Å². The number of carbonyl (C=O) groups is 1. The van der Waals surface area contributed by atoms with Crippen LogP contribution in [0.2, 0.25) is 0 Å². The first kappa shape index (κ1) is 18.3. The monoisotopic (exact) mass is 372 g/mol. The zero-order valence-corrected chi connectivity index (χ0v) is 15.6. The van der Waals surface area contributed by atoms with E-state index >= 15 is 0 Å². The second-order valence-electron chi connectivity index (χ2n) is 6.26. The number of nitrogens with zero attached hydrogens (tertiary/aromatic N) is 1. The van der Waals surface area contributed by atoms with Crippen molar-refractivity contribution >= 4 is 34.7 Å². The lowest BCUT2D eigenvalue weighted by Gasteiger charge is -2.37. The zero-order valence-electron chi connectivity index (χ0n) is 14.8. The predicted molar refractivity (Wildman–Crippen MR) is 105 cm³/mol. The molecule has 1 unspecified atom stereocenters. The van der Waals surface area contributed by atoms with Gasteiger partial charge >= 0.3 is 5.97 Å². The third kappa shape index (κ3) is 3.85. The Balaban J connectivity index is 1.77. The minimum Gasteiger partial charge on any atom is -0.462 e. The zero-order chi connectivity index (χ0) is 18.7. The lowest BCUT2D eigenvalue weighted by Crippen LogP contribution is -2.44. The molecule has 0 saturated carbocycles. The van der Waals surface area contributed by atoms with Crippen LogP contribution in [0.25, 0.3) is 0 Å². The molecule has 1 atom stereocenters. The fraction of sp³-hybridized carbons (Fsp3) is 0.300. The molecule has 2 aromatic rings. The van der Waals surface area contributed by atoms with Gasteiger partial charge < -0.3 is 15.0 Å². The van der Waals surface area contributed by atoms with Crippen LogP contribution in [0.4, 0.5) is 15.8 Å². The molecule has 1 aliphatic rings. The van der Waals surface area contributed by atoms with Crippen molar-refractivity contribution in [2.45, 2.75) is 32.7 Å². The minimum atomic E-state index is -0.345. The molecule has 26 heavy (non-hydrogen) atoms. The summed E-state index contributed by atoms with van der Waals surface area (Å²) in [5.41, 5.74) is 3.18. The summed E-state index contributed by atoms with van der Waals surface area (Å²) in [7, 11) is 0. The molecule has 0 amide bonds. The highest BCUT2D eigenvalue weighted by atomic mass is 32.1. The number of hydrogen-bond acceptors (Lipinski definition) is 3. The van der Waals surface area contributed by atoms with Gasteiger partial charge in [0.1, 0.15) is 5.82 Å². The van der Waals surface area contributed by atoms with Crippen molar-refractivity contribution in [1.82, 2.24) is 0 Å². The molecule has 0 spiro atoms. The van der Waals surface area contributed by atoms with Crippen molar-refractivity contribution in [3.8, 4) is 0 Å². The Morgan fingerprint density at radius 3 is 2.73 bits per heavy atom. The number of anilines is 2. The van der Waals surface area contributed by atoms with Crippen molar-refractivity contribution in [3.63, 3.8) is 0 Å². The highest BCUT2D eigenvalue weighted by molar-refractivity contribution is 7.80. The third-order valence-electron chi connectivity index (χ3n) is 4.44. The molecule has 0 saturated heterocycles. The largest absolute Gasteiger partial charge is 0.462 e. The SMILES string of the molecule is CCOC(=O)c1ccc(NC(=S)N2c3ccc(F)cc3CCC2C)cc1. The van der Waals surface area contributed by atoms with Crippen LogP contribution in [0.1, 0.15) is 36.2 Å². The van der Waals surface area contributed by atoms with E-state index in [-0.39, 0.29) is 17.8 Å². The van der Waals surface area contributed by atoms with Gasteiger partial charge in [-0.05, 0) is 86.9 Å². The van der Waals surface area contributed by atoms with E-state index in [1.807, 2.05) is 4.90 Å². The average Bonchev–Trinajstić information content (AvgIpc) is 2.62. The highest BCUT2D eigenvalue weighted by Crippen LogP contribution is 2.32. The van der Waals surface area contributed by atoms with Crippen molar-refractivity contribution in [2.75, 3.05) is 16.8 Å². The van der Waals surface area contributed by atoms with Crippen molar-refractivity contribution in [2.24, 2.45) is 0 Å². The minimum absolute atomic E-state index is 0.215. The molecule has 1 N–H and O–H groups in total. The van der Waals surface area contributed by atoms with E-state index in [1.165, 1.54) is 6.07 Å². The molecule has 136 valence electrons. The lowest BCUT2D eigenvalue weighted by molar-refractivity contribution is 0.0526. The quantitative estimate of drug-likeness (QED) is 0.633. The summed E-state index contributed by atoms with van der Waals surface area (Å²) in [4.78, 5) is 13.7. The fourth-order valence-electron chi connectivity index (χ4n) is 3.12. The first-order valence-electron chi connectivity index (χ1n) is 8.65. The van der Waals surface area contributed by atoms with Crippen LogP contribution in [0.3, 0.4) is 0 Å². The molecular weight excluding hydrogens is 351 g/mol. The molecular formula is C20H21FN2O2S. The number of carbonyl (C=O) groups excluding carboxylic acids is 1. The molecule has 0 bridgehead atoms. The summed E-state index contributed by atoms with van der Waals surface area (Å²) < 4.78 is 18.5. The molecule has 1 heterocycles. The van der Waals surface area contributed by atoms with Crippen molar-refractivity contribution in [1.29, 1.82) is 0 Å². The van der Waals surface area contributed by atoms with E-state index in [0.717, 1.165) is 29.8 Å². The average molecular weight is 372 g/mol. The highest BCUT2D eigenvalue weighted by Gasteiger charge is 2.26. The molecule has 4 nitrogen and oxygen atoms in total. The van der Waals surface area contributed by atoms with Gasteiger partial charge in [-0.3, -0.25) is 0 Å². The molecule has 0 radical (unpaired) electrons. The molecule has 2 aromatic carbocycles. The Kier molecular flexibility index (Phi) is 5.52. The van der Waals surface area contributed by atoms with E-state index in [9.17, 15) is 9.18 Å². The Morgan fingerprint density at radius 1 is 1.31 bits per heavy atom. The van der Waals surface area contributed by atoms with Gasteiger partial charge in [-0.2, -0.15) is 0 Å². The topological polar surface area (TPSA) is 41.6 Å². The van der Waals surface area contributed by atoms with Crippen LogP contribution in [0.15, 0.2) is 42.5 Å². The second-order valence-corrected chi connectivity index (χ2v) is 6.65. The number of hydrogen-bond donors (Lipinski definition) is 1. The first-order valence-corrected chi connectivity index (χ1v) is 9.06. The van der Waals surface area contributed by atoms with Gasteiger partial charge in [0, 0.05) is 17.4 Å². The number of thiocarbonyl (C=S) groups is 1. The fourth-order valence-corrected chi connectivity index (χ4v) is 3.51. The lowest BCUT2D eigenvalue weighted by atomic mass is 9.97. The van der Waals surface area contributed by atoms with Crippen LogP contribution >= 0.6 is 12.2 Å². The van der Waals surface area contributed by atoms with Crippen molar-refractivity contribution in [3.05, 3.63) is 59.4 Å². The number of rotatable bonds is 3. The summed E-state index contributed by atoms with van der Waals surface area (Å²) in [6.07, 6.45) is 1.74. The van der Waals surface area contributed by atoms with Gasteiger partial charge in [0.2, 0.25) is 0 Å². The number of ether oxygens (including phenoxy) is 1. The standard InChI is InChI=1S/C20H21FN2O2S/c1-3-25-19(24)14-6-9-17(10-7-14)22-20(26)23-13(2)4-5-15-12-16(21)8-11-18(15)23/h6-13H,3-5H2,1-2H3,(H,22,26). The van der Waals surface area contributed by atoms with Crippen LogP contribution in [-0.2, 0) is 11.2 Å². The summed E-state index contributed by atoms with van der Waals surface area (Å²) in [6, 6.07) is 12.0. The molecule has 6 heteroatoms. The Morgan fingerprint density at radius 2 is 2.04 bits per heavy atom. The van der Waals surface area contributed by atoms with E-state index < -0.39 is 0 Å². The smallest absolute Gasteiger partial charge is 0.338 e. The van der Waals surface area contributed by atoms with Gasteiger partial charge in [-0.1, -0.05) is 0 Å². The van der Waals surface area contributed by atoms with E-state index in [1.54, 1.807) is 43.3 Å². The van der Waals surface area contributed by atoms with Gasteiger partial charge in [0.25, 0.3) is 0 Å². The van der Waals surface area contributed by atoms with Crippen LogP contribution < -0.4 is 10.2 Å². The molecule has 0 aliphatic carbocycles. The number of nitrogens with one attached hydrogen (secondary N) is 1. The maximum Gasteiger partial charge on any atom is 0.338 e. The Hall–Kier alpha value is -2.47. The second kappa shape index (κ2) is 7.83. The van der Waals surface area contributed by atoms with Gasteiger partial charge in [-0.25, -0.2) is 9.18 Å². The molecule has 3 rings (SSSR count). The molecule has 1 aliphatic heterocycles. The maximum atomic E-state index is 13.5. The van der Waals surface area contributed by atoms with E-state index in [0.29, 0.717) is 17.3 Å². The van der Waals surface area contributed by atoms with Crippen molar-refractivity contribution < 1.29 is 13.9 Å². The van der Waals surface area contributed by atoms with Gasteiger partial charge in [0.15, 0.2) is 5.11 Å². The summed E-state index contributed by atoms with van der Waals surface area (Å²) in [6.45, 7) is 4.22. The molecule has 0 fully saturated rings. The van der Waals surface area contributed by atoms with E-state index in [4.69, 9.17) is 17.0 Å². The number of fused-ring (bicyclic) bond motifs is 1. The maximum absolute atomic E-state index is 13.5. The van der Waals surface area contributed by atoms with Crippen LogP contribution in [-0.4, -0.2) is 23.7 Å². The van der Waals surface area contributed by atoms with Crippen LogP contribution in [0, 0.1) is 5.82 Å². The number of aryl methyl sites for hydroxylation is 1. The first-order chi connectivity index (χ1) is 12.5. The Bertz CT molecular complexity index is 823. The predicted octanol–water partition coefficient (Wildman–Crippen LogP) is 4.54. The number of esters is 1. The third-order valence-corrected chi connectivity index (χ3v) is 4.74. The Labute approximate surface area is 158 Å². The number of halogens is 1. The molecule has 0 aromatic heterocycles. The summed E-state index contributed by atoms with van der Waals surface area (Å²) >= 11 is 5.60. The number of benzene rings is 2. The van der Waals surface area contributed by atoms with Gasteiger partial charge in [-0.15, -0.1) is 0 Å².